The molecule has 3 rings (SSSR count). The summed E-state index contributed by atoms with van der Waals surface area (Å²) >= 11 is 0. The molecule has 0 unspecified atom stereocenters. The highest BCUT2D eigenvalue weighted by Crippen LogP contribution is 2.40. The van der Waals surface area contributed by atoms with E-state index in [-0.39, 0.29) is 0 Å². The highest BCUT2D eigenvalue weighted by Gasteiger charge is 2.40. The monoisotopic (exact) mass is 274 g/mol. The summed E-state index contributed by atoms with van der Waals surface area (Å²) in [5.41, 5.74) is 1.99. The lowest BCUT2D eigenvalue weighted by Crippen LogP contribution is -2.42. The first-order valence-corrected chi connectivity index (χ1v) is 7.89. The molecule has 3 nitrogen and oxygen atoms in total. The lowest BCUT2D eigenvalue weighted by Gasteiger charge is -2.39. The standard InChI is InChI=1S/C17H26N2O/c20-13-12-18-9-6-17(7-10-18)8-11-19(15-17)14-16-4-2-1-3-5-16/h1-5,20H,6-15H2. The average Bonchev–Trinajstić information content (AvgIpc) is 2.86. The molecule has 0 radical (unpaired) electrons. The van der Waals surface area contributed by atoms with Gasteiger partial charge in [-0.25, -0.2) is 0 Å². The Hall–Kier alpha value is -0.900. The van der Waals surface area contributed by atoms with Gasteiger partial charge in [0.15, 0.2) is 0 Å². The van der Waals surface area contributed by atoms with Gasteiger partial charge >= 0.3 is 0 Å². The number of nitrogens with zero attached hydrogens (tertiary/aromatic N) is 2. The normalized spacial score (nSPS) is 23.4. The molecular weight excluding hydrogens is 248 g/mol. The quantitative estimate of drug-likeness (QED) is 0.909. The van der Waals surface area contributed by atoms with Gasteiger partial charge in [-0.05, 0) is 49.9 Å². The predicted octanol–water partition coefficient (Wildman–Crippen LogP) is 1.97. The number of β-amino-alcohol motifs (C(OH)–C–C–N with tert-alkyl or cyclic N) is 1. The van der Waals surface area contributed by atoms with Crippen LogP contribution in [0.4, 0.5) is 0 Å². The van der Waals surface area contributed by atoms with Gasteiger partial charge in [-0.2, -0.15) is 0 Å². The van der Waals surface area contributed by atoms with E-state index in [1.807, 2.05) is 0 Å². The average molecular weight is 274 g/mol. The number of aliphatic hydroxyl groups is 1. The van der Waals surface area contributed by atoms with Crippen molar-refractivity contribution in [2.75, 3.05) is 39.3 Å². The molecular formula is C17H26N2O. The maximum atomic E-state index is 9.03. The predicted molar refractivity (Wildman–Crippen MR) is 81.5 cm³/mol. The molecule has 2 saturated heterocycles. The lowest BCUT2D eigenvalue weighted by atomic mass is 9.78. The third-order valence-electron chi connectivity index (χ3n) is 5.10. The van der Waals surface area contributed by atoms with Gasteiger partial charge in [-0.3, -0.25) is 4.90 Å². The van der Waals surface area contributed by atoms with E-state index in [1.165, 1.54) is 51.0 Å². The van der Waals surface area contributed by atoms with Crippen LogP contribution in [0, 0.1) is 5.41 Å². The number of aliphatic hydroxyl groups excluding tert-OH is 1. The number of rotatable bonds is 4. The van der Waals surface area contributed by atoms with E-state index in [0.717, 1.165) is 13.1 Å². The van der Waals surface area contributed by atoms with Crippen LogP contribution in [0.3, 0.4) is 0 Å². The van der Waals surface area contributed by atoms with Crippen LogP contribution < -0.4 is 0 Å². The second-order valence-corrected chi connectivity index (χ2v) is 6.51. The molecule has 0 aliphatic carbocycles. The second kappa shape index (κ2) is 6.25. The Morgan fingerprint density at radius 1 is 0.950 bits per heavy atom. The van der Waals surface area contributed by atoms with Crippen molar-refractivity contribution in [2.45, 2.75) is 25.8 Å². The molecule has 0 amide bonds. The van der Waals surface area contributed by atoms with Crippen molar-refractivity contribution >= 4 is 0 Å². The van der Waals surface area contributed by atoms with Gasteiger partial charge in [0.1, 0.15) is 0 Å². The third-order valence-corrected chi connectivity index (χ3v) is 5.10. The van der Waals surface area contributed by atoms with E-state index in [9.17, 15) is 0 Å². The summed E-state index contributed by atoms with van der Waals surface area (Å²) < 4.78 is 0. The number of piperidine rings is 1. The minimum absolute atomic E-state index is 0.299. The summed E-state index contributed by atoms with van der Waals surface area (Å²) in [6.45, 7) is 7.09. The van der Waals surface area contributed by atoms with Crippen LogP contribution in [0.2, 0.25) is 0 Å². The van der Waals surface area contributed by atoms with Gasteiger partial charge in [0, 0.05) is 19.6 Å². The highest BCUT2D eigenvalue weighted by atomic mass is 16.3. The summed E-state index contributed by atoms with van der Waals surface area (Å²) in [6.07, 6.45) is 3.96. The zero-order valence-corrected chi connectivity index (χ0v) is 12.3. The van der Waals surface area contributed by atoms with E-state index in [0.29, 0.717) is 12.0 Å². The van der Waals surface area contributed by atoms with Gasteiger partial charge in [-0.15, -0.1) is 0 Å². The molecule has 1 aromatic rings. The molecule has 3 heteroatoms. The number of likely N-dealkylation sites (tertiary alicyclic amines) is 2. The number of benzene rings is 1. The van der Waals surface area contributed by atoms with Crippen LogP contribution in [-0.2, 0) is 6.54 Å². The Morgan fingerprint density at radius 2 is 1.60 bits per heavy atom. The van der Waals surface area contributed by atoms with Crippen LogP contribution in [0.15, 0.2) is 30.3 Å². The molecule has 1 N–H and O–H groups in total. The third kappa shape index (κ3) is 3.22. The minimum Gasteiger partial charge on any atom is -0.395 e. The van der Waals surface area contributed by atoms with Crippen molar-refractivity contribution in [3.63, 3.8) is 0 Å². The molecule has 1 spiro atoms. The minimum atomic E-state index is 0.299. The zero-order chi connectivity index (χ0) is 13.8. The molecule has 1 aromatic carbocycles. The Bertz CT molecular complexity index is 412. The topological polar surface area (TPSA) is 26.7 Å². The van der Waals surface area contributed by atoms with E-state index in [2.05, 4.69) is 40.1 Å². The van der Waals surface area contributed by atoms with Crippen LogP contribution in [0.5, 0.6) is 0 Å². The van der Waals surface area contributed by atoms with Crippen LogP contribution >= 0.6 is 0 Å². The molecule has 0 saturated carbocycles. The van der Waals surface area contributed by atoms with Gasteiger partial charge in [-0.1, -0.05) is 30.3 Å². The largest absolute Gasteiger partial charge is 0.395 e. The summed E-state index contributed by atoms with van der Waals surface area (Å²) in [5.74, 6) is 0. The molecule has 0 atom stereocenters. The summed E-state index contributed by atoms with van der Waals surface area (Å²) in [5, 5.41) is 9.03. The van der Waals surface area contributed by atoms with Crippen molar-refractivity contribution < 1.29 is 5.11 Å². The number of hydrogen-bond donors (Lipinski definition) is 1. The van der Waals surface area contributed by atoms with Gasteiger partial charge in [0.2, 0.25) is 0 Å². The summed E-state index contributed by atoms with van der Waals surface area (Å²) in [4.78, 5) is 5.03. The van der Waals surface area contributed by atoms with E-state index in [1.54, 1.807) is 0 Å². The van der Waals surface area contributed by atoms with Crippen LogP contribution in [0.25, 0.3) is 0 Å². The zero-order valence-electron chi connectivity index (χ0n) is 12.3. The van der Waals surface area contributed by atoms with E-state index in [4.69, 9.17) is 5.11 Å². The first-order chi connectivity index (χ1) is 9.80. The highest BCUT2D eigenvalue weighted by molar-refractivity contribution is 5.15. The lowest BCUT2D eigenvalue weighted by molar-refractivity contribution is 0.0917. The van der Waals surface area contributed by atoms with E-state index < -0.39 is 0 Å². The molecule has 2 heterocycles. The fourth-order valence-corrected chi connectivity index (χ4v) is 3.80. The molecule has 2 fully saturated rings. The smallest absolute Gasteiger partial charge is 0.0558 e. The summed E-state index contributed by atoms with van der Waals surface area (Å²) in [6, 6.07) is 10.8. The first kappa shape index (κ1) is 14.1. The SMILES string of the molecule is OCCN1CCC2(CC1)CCN(Cc1ccccc1)C2. The molecule has 20 heavy (non-hydrogen) atoms. The molecule has 0 bridgehead atoms. The maximum absolute atomic E-state index is 9.03. The van der Waals surface area contributed by atoms with Crippen molar-refractivity contribution in [1.29, 1.82) is 0 Å². The van der Waals surface area contributed by atoms with Crippen molar-refractivity contribution in [2.24, 2.45) is 5.41 Å². The molecule has 0 aromatic heterocycles. The Kier molecular flexibility index (Phi) is 4.39. The van der Waals surface area contributed by atoms with E-state index >= 15 is 0 Å². The van der Waals surface area contributed by atoms with Gasteiger partial charge in [0.05, 0.1) is 6.61 Å². The molecule has 2 aliphatic rings. The Balaban J connectivity index is 1.52. The maximum Gasteiger partial charge on any atom is 0.0558 e. The molecule has 2 aliphatic heterocycles. The fraction of sp³-hybridized carbons (Fsp3) is 0.647. The molecule has 110 valence electrons. The second-order valence-electron chi connectivity index (χ2n) is 6.51. The van der Waals surface area contributed by atoms with Crippen LogP contribution in [-0.4, -0.2) is 54.2 Å². The van der Waals surface area contributed by atoms with Gasteiger partial charge in [0.25, 0.3) is 0 Å². The van der Waals surface area contributed by atoms with Crippen molar-refractivity contribution in [3.8, 4) is 0 Å². The van der Waals surface area contributed by atoms with Crippen molar-refractivity contribution in [3.05, 3.63) is 35.9 Å². The first-order valence-electron chi connectivity index (χ1n) is 7.89. The van der Waals surface area contributed by atoms with Crippen molar-refractivity contribution in [1.82, 2.24) is 9.80 Å². The summed E-state index contributed by atoms with van der Waals surface area (Å²) in [7, 11) is 0. The Labute approximate surface area is 122 Å². The van der Waals surface area contributed by atoms with Crippen LogP contribution in [0.1, 0.15) is 24.8 Å². The number of hydrogen-bond acceptors (Lipinski definition) is 3. The van der Waals surface area contributed by atoms with Gasteiger partial charge < -0.3 is 10.0 Å². The fourth-order valence-electron chi connectivity index (χ4n) is 3.80. The Morgan fingerprint density at radius 3 is 2.25 bits per heavy atom.